The Hall–Kier alpha value is -1.38. The summed E-state index contributed by atoms with van der Waals surface area (Å²) in [6.45, 7) is 2.49. The molecule has 0 N–H and O–H groups in total. The van der Waals surface area contributed by atoms with Gasteiger partial charge in [0.2, 0.25) is 0 Å². The average Bonchev–Trinajstić information content (AvgIpc) is 2.06. The predicted molar refractivity (Wildman–Crippen MR) is 40.8 cm³/mol. The molecule has 0 unspecified atom stereocenters. The number of aldehydes is 1. The van der Waals surface area contributed by atoms with Gasteiger partial charge in [0.05, 0.1) is 6.61 Å². The van der Waals surface area contributed by atoms with E-state index in [1.54, 1.807) is 18.3 Å². The molecule has 0 saturated carbocycles. The molecule has 3 heteroatoms. The second kappa shape index (κ2) is 3.71. The van der Waals surface area contributed by atoms with Crippen LogP contribution in [0.4, 0.5) is 0 Å². The highest BCUT2D eigenvalue weighted by Crippen LogP contribution is 2.08. The number of hydrogen-bond acceptors (Lipinski definition) is 3. The maximum atomic E-state index is 10.2. The van der Waals surface area contributed by atoms with Crippen LogP contribution in [0.3, 0.4) is 0 Å². The standard InChI is InChI=1S/C8H9NO2/c1-2-11-8-3-4-9-7(5-8)6-10/h3-6H,2H2,1H3. The van der Waals surface area contributed by atoms with Gasteiger partial charge in [-0.2, -0.15) is 0 Å². The number of ether oxygens (including phenoxy) is 1. The number of pyridine rings is 1. The van der Waals surface area contributed by atoms with E-state index in [9.17, 15) is 4.79 Å². The summed E-state index contributed by atoms with van der Waals surface area (Å²) in [5, 5.41) is 0. The molecule has 0 saturated heterocycles. The van der Waals surface area contributed by atoms with E-state index in [1.807, 2.05) is 6.92 Å². The van der Waals surface area contributed by atoms with Crippen LogP contribution < -0.4 is 4.74 Å². The van der Waals surface area contributed by atoms with Crippen LogP contribution in [0, 0.1) is 0 Å². The number of hydrogen-bond donors (Lipinski definition) is 0. The normalized spacial score (nSPS) is 9.18. The summed E-state index contributed by atoms with van der Waals surface area (Å²) < 4.78 is 5.15. The molecule has 0 amide bonds. The lowest BCUT2D eigenvalue weighted by Crippen LogP contribution is -1.93. The second-order valence-corrected chi connectivity index (χ2v) is 1.97. The van der Waals surface area contributed by atoms with Gasteiger partial charge in [-0.1, -0.05) is 0 Å². The Morgan fingerprint density at radius 1 is 1.73 bits per heavy atom. The van der Waals surface area contributed by atoms with Crippen LogP contribution in [-0.2, 0) is 0 Å². The lowest BCUT2D eigenvalue weighted by Gasteiger charge is -2.00. The number of rotatable bonds is 3. The van der Waals surface area contributed by atoms with Crippen molar-refractivity contribution in [1.29, 1.82) is 0 Å². The van der Waals surface area contributed by atoms with E-state index < -0.39 is 0 Å². The zero-order valence-corrected chi connectivity index (χ0v) is 6.28. The van der Waals surface area contributed by atoms with E-state index in [2.05, 4.69) is 4.98 Å². The van der Waals surface area contributed by atoms with Crippen molar-refractivity contribution in [3.05, 3.63) is 24.0 Å². The SMILES string of the molecule is CCOc1ccnc(C=O)c1. The molecule has 1 aromatic rings. The van der Waals surface area contributed by atoms with Crippen LogP contribution >= 0.6 is 0 Å². The van der Waals surface area contributed by atoms with Crippen LogP contribution in [-0.4, -0.2) is 17.9 Å². The summed E-state index contributed by atoms with van der Waals surface area (Å²) in [6, 6.07) is 3.33. The van der Waals surface area contributed by atoms with Gasteiger partial charge in [-0.3, -0.25) is 9.78 Å². The minimum absolute atomic E-state index is 0.399. The van der Waals surface area contributed by atoms with Crippen molar-refractivity contribution >= 4 is 6.29 Å². The quantitative estimate of drug-likeness (QED) is 0.611. The molecular formula is C8H9NO2. The Morgan fingerprint density at radius 2 is 2.55 bits per heavy atom. The second-order valence-electron chi connectivity index (χ2n) is 1.97. The van der Waals surface area contributed by atoms with E-state index >= 15 is 0 Å². The van der Waals surface area contributed by atoms with Gasteiger partial charge < -0.3 is 4.74 Å². The molecule has 0 aliphatic carbocycles. The Labute approximate surface area is 65.0 Å². The maximum Gasteiger partial charge on any atom is 0.168 e. The van der Waals surface area contributed by atoms with Gasteiger partial charge in [0.1, 0.15) is 11.4 Å². The van der Waals surface area contributed by atoms with Crippen LogP contribution in [0.5, 0.6) is 5.75 Å². The van der Waals surface area contributed by atoms with Crippen LogP contribution in [0.15, 0.2) is 18.3 Å². The van der Waals surface area contributed by atoms with Crippen LogP contribution in [0.25, 0.3) is 0 Å². The van der Waals surface area contributed by atoms with Crippen molar-refractivity contribution in [3.8, 4) is 5.75 Å². The van der Waals surface area contributed by atoms with Crippen molar-refractivity contribution in [2.45, 2.75) is 6.92 Å². The Bertz CT molecular complexity index is 248. The first-order chi connectivity index (χ1) is 5.36. The zero-order valence-electron chi connectivity index (χ0n) is 6.28. The summed E-state index contributed by atoms with van der Waals surface area (Å²) in [4.78, 5) is 14.0. The number of carbonyl (C=O) groups is 1. The highest BCUT2D eigenvalue weighted by atomic mass is 16.5. The third-order valence-corrected chi connectivity index (χ3v) is 1.18. The summed E-state index contributed by atoms with van der Waals surface area (Å²) in [7, 11) is 0. The van der Waals surface area contributed by atoms with E-state index in [-0.39, 0.29) is 0 Å². The van der Waals surface area contributed by atoms with Crippen molar-refractivity contribution < 1.29 is 9.53 Å². The van der Waals surface area contributed by atoms with Crippen molar-refractivity contribution in [1.82, 2.24) is 4.98 Å². The molecule has 0 aromatic carbocycles. The minimum Gasteiger partial charge on any atom is -0.494 e. The van der Waals surface area contributed by atoms with Gasteiger partial charge in [-0.15, -0.1) is 0 Å². The summed E-state index contributed by atoms with van der Waals surface area (Å²) in [6.07, 6.45) is 2.25. The topological polar surface area (TPSA) is 39.2 Å². The molecule has 0 fully saturated rings. The third-order valence-electron chi connectivity index (χ3n) is 1.18. The number of carbonyl (C=O) groups excluding carboxylic acids is 1. The van der Waals surface area contributed by atoms with Gasteiger partial charge in [0.15, 0.2) is 6.29 Å². The molecular weight excluding hydrogens is 142 g/mol. The monoisotopic (exact) mass is 151 g/mol. The molecule has 58 valence electrons. The lowest BCUT2D eigenvalue weighted by atomic mass is 10.3. The summed E-state index contributed by atoms with van der Waals surface area (Å²) in [5.41, 5.74) is 0.399. The molecule has 1 aromatic heterocycles. The van der Waals surface area contributed by atoms with E-state index in [4.69, 9.17) is 4.74 Å². The fraction of sp³-hybridized carbons (Fsp3) is 0.250. The number of nitrogens with zero attached hydrogens (tertiary/aromatic N) is 1. The van der Waals surface area contributed by atoms with E-state index in [1.165, 1.54) is 0 Å². The van der Waals surface area contributed by atoms with Gasteiger partial charge in [-0.05, 0) is 13.0 Å². The molecule has 1 rings (SSSR count). The minimum atomic E-state index is 0.399. The van der Waals surface area contributed by atoms with Crippen LogP contribution in [0.2, 0.25) is 0 Å². The smallest absolute Gasteiger partial charge is 0.168 e. The van der Waals surface area contributed by atoms with Crippen molar-refractivity contribution in [2.24, 2.45) is 0 Å². The Kier molecular flexibility index (Phi) is 2.60. The third kappa shape index (κ3) is 2.04. The lowest BCUT2D eigenvalue weighted by molar-refractivity contribution is 0.111. The molecule has 0 aliphatic heterocycles. The zero-order chi connectivity index (χ0) is 8.10. The maximum absolute atomic E-state index is 10.2. The molecule has 0 atom stereocenters. The fourth-order valence-electron chi connectivity index (χ4n) is 0.749. The molecule has 0 aliphatic rings. The van der Waals surface area contributed by atoms with Gasteiger partial charge in [-0.25, -0.2) is 0 Å². The highest BCUT2D eigenvalue weighted by Gasteiger charge is 1.94. The fourth-order valence-corrected chi connectivity index (χ4v) is 0.749. The molecule has 0 spiro atoms. The van der Waals surface area contributed by atoms with Gasteiger partial charge >= 0.3 is 0 Å². The van der Waals surface area contributed by atoms with Gasteiger partial charge in [0, 0.05) is 12.3 Å². The molecule has 1 heterocycles. The van der Waals surface area contributed by atoms with E-state index in [0.717, 1.165) is 0 Å². The van der Waals surface area contributed by atoms with Crippen LogP contribution in [0.1, 0.15) is 17.4 Å². The molecule has 0 bridgehead atoms. The average molecular weight is 151 g/mol. The number of aromatic nitrogens is 1. The first-order valence-corrected chi connectivity index (χ1v) is 3.41. The molecule has 3 nitrogen and oxygen atoms in total. The van der Waals surface area contributed by atoms with Crippen molar-refractivity contribution in [2.75, 3.05) is 6.61 Å². The van der Waals surface area contributed by atoms with Gasteiger partial charge in [0.25, 0.3) is 0 Å². The highest BCUT2D eigenvalue weighted by molar-refractivity contribution is 5.72. The van der Waals surface area contributed by atoms with E-state index in [0.29, 0.717) is 24.3 Å². The van der Waals surface area contributed by atoms with Crippen molar-refractivity contribution in [3.63, 3.8) is 0 Å². The first kappa shape index (κ1) is 7.72. The summed E-state index contributed by atoms with van der Waals surface area (Å²) >= 11 is 0. The summed E-state index contributed by atoms with van der Waals surface area (Å²) in [5.74, 6) is 0.685. The largest absolute Gasteiger partial charge is 0.494 e. The Morgan fingerprint density at radius 3 is 3.18 bits per heavy atom. The molecule has 11 heavy (non-hydrogen) atoms. The molecule has 0 radical (unpaired) electrons. The first-order valence-electron chi connectivity index (χ1n) is 3.41. The predicted octanol–water partition coefficient (Wildman–Crippen LogP) is 1.29. The Balaban J connectivity index is 2.82.